The number of fused-ring (bicyclic) bond motifs is 1. The highest BCUT2D eigenvalue weighted by atomic mass is 19.2. The maximum atomic E-state index is 13.4. The lowest BCUT2D eigenvalue weighted by Crippen LogP contribution is -2.28. The SMILES string of the molecule is O=C(O)c1ccc(CNC(=O)c2cc(C(=O)NCc3ccc(F)c(F)c3)nc3ccnn23)cc1. The molecule has 11 heteroatoms. The first-order chi connectivity index (χ1) is 16.3. The van der Waals surface area contributed by atoms with E-state index in [1.165, 1.54) is 41.0 Å². The predicted molar refractivity (Wildman–Crippen MR) is 115 cm³/mol. The van der Waals surface area contributed by atoms with E-state index in [-0.39, 0.29) is 35.7 Å². The Morgan fingerprint density at radius 1 is 0.853 bits per heavy atom. The highest BCUT2D eigenvalue weighted by Gasteiger charge is 2.18. The Kier molecular flexibility index (Phi) is 6.26. The molecule has 0 saturated heterocycles. The molecule has 0 atom stereocenters. The van der Waals surface area contributed by atoms with E-state index in [4.69, 9.17) is 5.11 Å². The van der Waals surface area contributed by atoms with Gasteiger partial charge < -0.3 is 15.7 Å². The van der Waals surface area contributed by atoms with Crippen LogP contribution < -0.4 is 10.6 Å². The van der Waals surface area contributed by atoms with Crippen molar-refractivity contribution >= 4 is 23.4 Å². The molecule has 0 aliphatic carbocycles. The van der Waals surface area contributed by atoms with Crippen LogP contribution in [0.3, 0.4) is 0 Å². The number of aromatic carboxylic acids is 1. The summed E-state index contributed by atoms with van der Waals surface area (Å²) < 4.78 is 27.7. The fourth-order valence-electron chi connectivity index (χ4n) is 3.15. The molecule has 2 aromatic carbocycles. The molecule has 2 amide bonds. The van der Waals surface area contributed by atoms with Crippen LogP contribution >= 0.6 is 0 Å². The van der Waals surface area contributed by atoms with Crippen LogP contribution in [0.15, 0.2) is 60.8 Å². The second kappa shape index (κ2) is 9.45. The molecule has 0 fully saturated rings. The molecule has 0 bridgehead atoms. The van der Waals surface area contributed by atoms with Crippen molar-refractivity contribution in [2.75, 3.05) is 0 Å². The quantitative estimate of drug-likeness (QED) is 0.385. The Bertz CT molecular complexity index is 1400. The van der Waals surface area contributed by atoms with E-state index in [1.807, 2.05) is 0 Å². The van der Waals surface area contributed by atoms with E-state index in [9.17, 15) is 23.2 Å². The van der Waals surface area contributed by atoms with Gasteiger partial charge in [0, 0.05) is 25.2 Å². The lowest BCUT2D eigenvalue weighted by atomic mass is 10.1. The fraction of sp³-hybridized carbons (Fsp3) is 0.0870. The van der Waals surface area contributed by atoms with Crippen LogP contribution in [0.2, 0.25) is 0 Å². The molecule has 2 heterocycles. The molecule has 0 unspecified atom stereocenters. The van der Waals surface area contributed by atoms with Crippen molar-refractivity contribution in [2.24, 2.45) is 0 Å². The average Bonchev–Trinajstić information content (AvgIpc) is 3.31. The number of carboxylic acid groups (broad SMARTS) is 1. The van der Waals surface area contributed by atoms with Crippen molar-refractivity contribution < 1.29 is 28.3 Å². The van der Waals surface area contributed by atoms with Gasteiger partial charge in [-0.15, -0.1) is 0 Å². The molecule has 34 heavy (non-hydrogen) atoms. The van der Waals surface area contributed by atoms with Gasteiger partial charge in [0.2, 0.25) is 0 Å². The van der Waals surface area contributed by atoms with E-state index in [0.717, 1.165) is 12.1 Å². The number of carbonyl (C=O) groups excluding carboxylic acids is 2. The van der Waals surface area contributed by atoms with Gasteiger partial charge in [-0.3, -0.25) is 9.59 Å². The zero-order chi connectivity index (χ0) is 24.2. The number of nitrogens with one attached hydrogen (secondary N) is 2. The zero-order valence-electron chi connectivity index (χ0n) is 17.5. The molecule has 2 aromatic heterocycles. The summed E-state index contributed by atoms with van der Waals surface area (Å²) in [7, 11) is 0. The van der Waals surface area contributed by atoms with E-state index in [2.05, 4.69) is 20.7 Å². The highest BCUT2D eigenvalue weighted by Crippen LogP contribution is 2.11. The first kappa shape index (κ1) is 22.5. The first-order valence-electron chi connectivity index (χ1n) is 9.99. The molecule has 0 aliphatic heterocycles. The highest BCUT2D eigenvalue weighted by molar-refractivity contribution is 5.98. The number of carboxylic acids is 1. The van der Waals surface area contributed by atoms with Crippen LogP contribution in [-0.2, 0) is 13.1 Å². The van der Waals surface area contributed by atoms with Gasteiger partial charge >= 0.3 is 5.97 Å². The monoisotopic (exact) mass is 465 g/mol. The summed E-state index contributed by atoms with van der Waals surface area (Å²) in [4.78, 5) is 40.6. The molecule has 3 N–H and O–H groups in total. The molecule has 0 radical (unpaired) electrons. The Morgan fingerprint density at radius 2 is 1.53 bits per heavy atom. The third kappa shape index (κ3) is 4.88. The lowest BCUT2D eigenvalue weighted by molar-refractivity contribution is 0.0696. The normalized spacial score (nSPS) is 10.8. The number of aromatic nitrogens is 3. The van der Waals surface area contributed by atoms with Crippen LogP contribution in [-0.4, -0.2) is 37.5 Å². The van der Waals surface area contributed by atoms with Gasteiger partial charge in [0.1, 0.15) is 11.4 Å². The Balaban J connectivity index is 1.49. The van der Waals surface area contributed by atoms with Crippen LogP contribution in [0.25, 0.3) is 5.65 Å². The number of halogens is 2. The van der Waals surface area contributed by atoms with Gasteiger partial charge in [-0.1, -0.05) is 18.2 Å². The minimum absolute atomic E-state index is 0.0510. The molecule has 9 nitrogen and oxygen atoms in total. The maximum Gasteiger partial charge on any atom is 0.335 e. The average molecular weight is 465 g/mol. The Morgan fingerprint density at radius 3 is 2.24 bits per heavy atom. The van der Waals surface area contributed by atoms with Crippen molar-refractivity contribution in [3.8, 4) is 0 Å². The smallest absolute Gasteiger partial charge is 0.335 e. The van der Waals surface area contributed by atoms with E-state index in [0.29, 0.717) is 11.1 Å². The van der Waals surface area contributed by atoms with Crippen molar-refractivity contribution in [1.82, 2.24) is 25.2 Å². The standard InChI is InChI=1S/C23H17F2N5O4/c24-16-6-3-14(9-17(16)25)12-26-21(31)18-10-19(30-20(29-18)7-8-28-30)22(32)27-11-13-1-4-15(5-2-13)23(33)34/h1-10H,11-12H2,(H,26,31)(H,27,32)(H,33,34). The fourth-order valence-corrected chi connectivity index (χ4v) is 3.15. The zero-order valence-corrected chi connectivity index (χ0v) is 17.5. The number of carbonyl (C=O) groups is 3. The van der Waals surface area contributed by atoms with Gasteiger partial charge in [-0.05, 0) is 35.4 Å². The van der Waals surface area contributed by atoms with Crippen LogP contribution in [0.5, 0.6) is 0 Å². The molecule has 0 spiro atoms. The second-order valence-electron chi connectivity index (χ2n) is 7.24. The summed E-state index contributed by atoms with van der Waals surface area (Å²) in [6, 6.07) is 12.1. The maximum absolute atomic E-state index is 13.4. The number of amides is 2. The summed E-state index contributed by atoms with van der Waals surface area (Å²) in [5.41, 5.74) is 1.40. The second-order valence-corrected chi connectivity index (χ2v) is 7.24. The topological polar surface area (TPSA) is 126 Å². The summed E-state index contributed by atoms with van der Waals surface area (Å²) >= 11 is 0. The third-order valence-electron chi connectivity index (χ3n) is 4.92. The first-order valence-corrected chi connectivity index (χ1v) is 9.99. The van der Waals surface area contributed by atoms with Crippen molar-refractivity contribution in [3.05, 3.63) is 101 Å². The van der Waals surface area contributed by atoms with Gasteiger partial charge in [-0.25, -0.2) is 23.1 Å². The summed E-state index contributed by atoms with van der Waals surface area (Å²) in [5.74, 6) is -4.22. The van der Waals surface area contributed by atoms with Crippen molar-refractivity contribution in [1.29, 1.82) is 0 Å². The number of nitrogens with zero attached hydrogens (tertiary/aromatic N) is 3. The Hall–Kier alpha value is -4.67. The van der Waals surface area contributed by atoms with Gasteiger partial charge in [0.15, 0.2) is 17.3 Å². The molecule has 0 aliphatic rings. The number of rotatable bonds is 7. The van der Waals surface area contributed by atoms with Crippen molar-refractivity contribution in [3.63, 3.8) is 0 Å². The lowest BCUT2D eigenvalue weighted by Gasteiger charge is -2.10. The minimum Gasteiger partial charge on any atom is -0.478 e. The van der Waals surface area contributed by atoms with Crippen LogP contribution in [0.4, 0.5) is 8.78 Å². The third-order valence-corrected chi connectivity index (χ3v) is 4.92. The van der Waals surface area contributed by atoms with Crippen molar-refractivity contribution in [2.45, 2.75) is 13.1 Å². The van der Waals surface area contributed by atoms with Gasteiger partial charge in [0.25, 0.3) is 11.8 Å². The Labute approximate surface area is 191 Å². The van der Waals surface area contributed by atoms with E-state index >= 15 is 0 Å². The minimum atomic E-state index is -1.05. The molecule has 0 saturated carbocycles. The molecular weight excluding hydrogens is 448 g/mol. The molecular formula is C23H17F2N5O4. The molecule has 172 valence electrons. The van der Waals surface area contributed by atoms with Crippen LogP contribution in [0, 0.1) is 11.6 Å². The number of hydrogen-bond donors (Lipinski definition) is 3. The summed E-state index contributed by atoms with van der Waals surface area (Å²) in [6.07, 6.45) is 1.42. The molecule has 4 rings (SSSR count). The van der Waals surface area contributed by atoms with Gasteiger partial charge in [0.05, 0.1) is 11.8 Å². The number of hydrogen-bond acceptors (Lipinski definition) is 5. The summed E-state index contributed by atoms with van der Waals surface area (Å²) in [5, 5.41) is 18.3. The van der Waals surface area contributed by atoms with Crippen LogP contribution in [0.1, 0.15) is 42.5 Å². The predicted octanol–water partition coefficient (Wildman–Crippen LogP) is 2.57. The largest absolute Gasteiger partial charge is 0.478 e. The number of benzene rings is 2. The molecule has 4 aromatic rings. The van der Waals surface area contributed by atoms with E-state index < -0.39 is 29.4 Å². The summed E-state index contributed by atoms with van der Waals surface area (Å²) in [6.45, 7) is 0.0392. The van der Waals surface area contributed by atoms with E-state index in [1.54, 1.807) is 12.1 Å². The van der Waals surface area contributed by atoms with Gasteiger partial charge in [-0.2, -0.15) is 5.10 Å².